The lowest BCUT2D eigenvalue weighted by atomic mass is 10.4. The number of nitrogens with two attached hydrogens (primary N) is 1. The van der Waals surface area contributed by atoms with E-state index >= 15 is 0 Å². The molecule has 2 N–H and O–H groups in total. The number of likely N-dealkylation sites (tertiary alicyclic amines) is 1. The standard InChI is InChI=1S/C12H17N3O2/c13-11-5-4-10(9-14-11)17-8-2-7-15-6-1-3-12(15)16/h4-5,9H,1-3,6-8H2,(H2,13,14). The number of hydrogen-bond acceptors (Lipinski definition) is 4. The van der Waals surface area contributed by atoms with Crippen LogP contribution >= 0.6 is 0 Å². The van der Waals surface area contributed by atoms with Crippen LogP contribution in [0.3, 0.4) is 0 Å². The second-order valence-electron chi connectivity index (χ2n) is 4.11. The Morgan fingerprint density at radius 3 is 3.00 bits per heavy atom. The minimum Gasteiger partial charge on any atom is -0.492 e. The second-order valence-corrected chi connectivity index (χ2v) is 4.11. The van der Waals surface area contributed by atoms with Crippen LogP contribution in [0.5, 0.6) is 5.75 Å². The Labute approximate surface area is 101 Å². The molecule has 5 heteroatoms. The van der Waals surface area contributed by atoms with Crippen LogP contribution in [-0.2, 0) is 4.79 Å². The molecule has 1 saturated heterocycles. The van der Waals surface area contributed by atoms with E-state index in [1.165, 1.54) is 0 Å². The fraction of sp³-hybridized carbons (Fsp3) is 0.500. The number of nitrogen functional groups attached to an aromatic ring is 1. The largest absolute Gasteiger partial charge is 0.492 e. The Balaban J connectivity index is 1.66. The van der Waals surface area contributed by atoms with Crippen molar-refractivity contribution in [2.24, 2.45) is 0 Å². The summed E-state index contributed by atoms with van der Waals surface area (Å²) in [5, 5.41) is 0. The van der Waals surface area contributed by atoms with Crippen molar-refractivity contribution in [3.63, 3.8) is 0 Å². The molecule has 2 rings (SSSR count). The van der Waals surface area contributed by atoms with E-state index in [1.807, 2.05) is 4.90 Å². The minimum absolute atomic E-state index is 0.263. The minimum atomic E-state index is 0.263. The average molecular weight is 235 g/mol. The first-order valence-electron chi connectivity index (χ1n) is 5.88. The monoisotopic (exact) mass is 235 g/mol. The van der Waals surface area contributed by atoms with Crippen molar-refractivity contribution in [1.82, 2.24) is 9.88 Å². The van der Waals surface area contributed by atoms with Crippen LogP contribution in [-0.4, -0.2) is 35.5 Å². The first-order valence-corrected chi connectivity index (χ1v) is 5.88. The highest BCUT2D eigenvalue weighted by molar-refractivity contribution is 5.77. The van der Waals surface area contributed by atoms with Crippen molar-refractivity contribution in [1.29, 1.82) is 0 Å². The predicted molar refractivity (Wildman–Crippen MR) is 64.6 cm³/mol. The molecule has 0 aliphatic carbocycles. The van der Waals surface area contributed by atoms with Gasteiger partial charge in [-0.05, 0) is 25.0 Å². The maximum Gasteiger partial charge on any atom is 0.222 e. The summed E-state index contributed by atoms with van der Waals surface area (Å²) in [7, 11) is 0. The number of hydrogen-bond donors (Lipinski definition) is 1. The molecule has 2 heterocycles. The molecule has 0 bridgehead atoms. The first kappa shape index (κ1) is 11.7. The molecule has 0 saturated carbocycles. The zero-order valence-corrected chi connectivity index (χ0v) is 9.76. The maximum absolute atomic E-state index is 11.3. The van der Waals surface area contributed by atoms with Gasteiger partial charge in [0.1, 0.15) is 11.6 Å². The van der Waals surface area contributed by atoms with E-state index in [4.69, 9.17) is 10.5 Å². The lowest BCUT2D eigenvalue weighted by Gasteiger charge is -2.15. The molecule has 0 aromatic carbocycles. The molecule has 1 amide bonds. The summed E-state index contributed by atoms with van der Waals surface area (Å²) in [6.45, 7) is 2.26. The van der Waals surface area contributed by atoms with Gasteiger partial charge in [-0.15, -0.1) is 0 Å². The SMILES string of the molecule is Nc1ccc(OCCCN2CCCC2=O)cn1. The molecule has 0 atom stereocenters. The van der Waals surface area contributed by atoms with E-state index in [0.29, 0.717) is 24.6 Å². The fourth-order valence-corrected chi connectivity index (χ4v) is 1.86. The number of ether oxygens (including phenoxy) is 1. The molecule has 92 valence electrons. The number of nitrogens with zero attached hydrogens (tertiary/aromatic N) is 2. The molecule has 17 heavy (non-hydrogen) atoms. The second kappa shape index (κ2) is 5.52. The van der Waals surface area contributed by atoms with Crippen molar-refractivity contribution in [2.45, 2.75) is 19.3 Å². The number of aromatic nitrogens is 1. The lowest BCUT2D eigenvalue weighted by molar-refractivity contribution is -0.127. The van der Waals surface area contributed by atoms with Crippen LogP contribution in [0, 0.1) is 0 Å². The van der Waals surface area contributed by atoms with Gasteiger partial charge in [0, 0.05) is 19.5 Å². The lowest BCUT2D eigenvalue weighted by Crippen LogP contribution is -2.26. The van der Waals surface area contributed by atoms with Crippen LogP contribution in [0.2, 0.25) is 0 Å². The zero-order valence-electron chi connectivity index (χ0n) is 9.76. The fourth-order valence-electron chi connectivity index (χ4n) is 1.86. The van der Waals surface area contributed by atoms with Crippen molar-refractivity contribution in [3.05, 3.63) is 18.3 Å². The van der Waals surface area contributed by atoms with Crippen LogP contribution in [0.4, 0.5) is 5.82 Å². The van der Waals surface area contributed by atoms with E-state index < -0.39 is 0 Å². The topological polar surface area (TPSA) is 68.5 Å². The molecular weight excluding hydrogens is 218 g/mol. The first-order chi connectivity index (χ1) is 8.25. The van der Waals surface area contributed by atoms with Gasteiger partial charge in [0.2, 0.25) is 5.91 Å². The van der Waals surface area contributed by atoms with Crippen LogP contribution < -0.4 is 10.5 Å². The predicted octanol–water partition coefficient (Wildman–Crippen LogP) is 1.06. The number of carbonyl (C=O) groups excluding carboxylic acids is 1. The van der Waals surface area contributed by atoms with E-state index in [1.54, 1.807) is 18.3 Å². The number of pyridine rings is 1. The normalized spacial score (nSPS) is 15.3. The smallest absolute Gasteiger partial charge is 0.222 e. The molecular formula is C12H17N3O2. The summed E-state index contributed by atoms with van der Waals surface area (Å²) in [4.78, 5) is 17.2. The Morgan fingerprint density at radius 2 is 2.35 bits per heavy atom. The van der Waals surface area contributed by atoms with Gasteiger partial charge in [-0.3, -0.25) is 4.79 Å². The Hall–Kier alpha value is -1.78. The van der Waals surface area contributed by atoms with Gasteiger partial charge in [-0.1, -0.05) is 0 Å². The summed E-state index contributed by atoms with van der Waals surface area (Å²) >= 11 is 0. The van der Waals surface area contributed by atoms with E-state index in [9.17, 15) is 4.79 Å². The summed E-state index contributed by atoms with van der Waals surface area (Å²) in [6.07, 6.45) is 4.14. The highest BCUT2D eigenvalue weighted by Crippen LogP contribution is 2.12. The average Bonchev–Trinajstić information content (AvgIpc) is 2.73. The molecule has 5 nitrogen and oxygen atoms in total. The van der Waals surface area contributed by atoms with Gasteiger partial charge in [0.15, 0.2) is 0 Å². The van der Waals surface area contributed by atoms with Crippen molar-refractivity contribution < 1.29 is 9.53 Å². The van der Waals surface area contributed by atoms with Gasteiger partial charge >= 0.3 is 0 Å². The third-order valence-electron chi connectivity index (χ3n) is 2.77. The molecule has 1 aliphatic heterocycles. The zero-order chi connectivity index (χ0) is 12.1. The van der Waals surface area contributed by atoms with Gasteiger partial charge in [-0.25, -0.2) is 4.98 Å². The van der Waals surface area contributed by atoms with Gasteiger partial charge in [-0.2, -0.15) is 0 Å². The molecule has 0 unspecified atom stereocenters. The van der Waals surface area contributed by atoms with Gasteiger partial charge in [0.25, 0.3) is 0 Å². The highest BCUT2D eigenvalue weighted by atomic mass is 16.5. The number of anilines is 1. The van der Waals surface area contributed by atoms with Crippen molar-refractivity contribution >= 4 is 11.7 Å². The van der Waals surface area contributed by atoms with Gasteiger partial charge in [0.05, 0.1) is 12.8 Å². The number of amides is 1. The van der Waals surface area contributed by atoms with E-state index in [0.717, 1.165) is 25.9 Å². The van der Waals surface area contributed by atoms with E-state index in [2.05, 4.69) is 4.98 Å². The molecule has 1 aliphatic rings. The molecule has 0 radical (unpaired) electrons. The molecule has 1 aromatic heterocycles. The Kier molecular flexibility index (Phi) is 3.80. The summed E-state index contributed by atoms with van der Waals surface area (Å²) in [5.41, 5.74) is 5.47. The third-order valence-corrected chi connectivity index (χ3v) is 2.77. The maximum atomic E-state index is 11.3. The Bertz CT molecular complexity index is 378. The third kappa shape index (κ3) is 3.34. The van der Waals surface area contributed by atoms with Crippen LogP contribution in [0.1, 0.15) is 19.3 Å². The summed E-state index contributed by atoms with van der Waals surface area (Å²) in [5.74, 6) is 1.46. The number of carbonyl (C=O) groups is 1. The molecule has 1 aromatic rings. The quantitative estimate of drug-likeness (QED) is 0.775. The van der Waals surface area contributed by atoms with Crippen LogP contribution in [0.15, 0.2) is 18.3 Å². The Morgan fingerprint density at radius 1 is 1.47 bits per heavy atom. The van der Waals surface area contributed by atoms with E-state index in [-0.39, 0.29) is 5.91 Å². The van der Waals surface area contributed by atoms with Crippen molar-refractivity contribution in [3.8, 4) is 5.75 Å². The molecule has 0 spiro atoms. The number of rotatable bonds is 5. The highest BCUT2D eigenvalue weighted by Gasteiger charge is 2.18. The molecule has 1 fully saturated rings. The summed E-state index contributed by atoms with van der Waals surface area (Å²) < 4.78 is 5.50. The van der Waals surface area contributed by atoms with Crippen molar-refractivity contribution in [2.75, 3.05) is 25.4 Å². The summed E-state index contributed by atoms with van der Waals surface area (Å²) in [6, 6.07) is 3.50. The van der Waals surface area contributed by atoms with Crippen LogP contribution in [0.25, 0.3) is 0 Å². The van der Waals surface area contributed by atoms with Gasteiger partial charge < -0.3 is 15.4 Å².